The molecule has 1 heterocycles. The predicted octanol–water partition coefficient (Wildman–Crippen LogP) is 2.15. The van der Waals surface area contributed by atoms with Crippen molar-refractivity contribution in [1.29, 1.82) is 0 Å². The lowest BCUT2D eigenvalue weighted by atomic mass is 9.90. The highest BCUT2D eigenvalue weighted by atomic mass is 32.2. The summed E-state index contributed by atoms with van der Waals surface area (Å²) in [6.45, 7) is 3.35. The van der Waals surface area contributed by atoms with Gasteiger partial charge >= 0.3 is 5.51 Å². The van der Waals surface area contributed by atoms with E-state index in [4.69, 9.17) is 0 Å². The molecule has 1 N–H and O–H groups in total. The van der Waals surface area contributed by atoms with Gasteiger partial charge in [0.2, 0.25) is 11.8 Å². The molecule has 2 rings (SSSR count). The molecule has 8 heteroatoms. The Morgan fingerprint density at radius 3 is 2.48 bits per heavy atom. The van der Waals surface area contributed by atoms with Gasteiger partial charge in [0.1, 0.15) is 11.6 Å². The highest BCUT2D eigenvalue weighted by Crippen LogP contribution is 2.39. The molecular weight excluding hydrogens is 305 g/mol. The van der Waals surface area contributed by atoms with Crippen molar-refractivity contribution in [3.05, 3.63) is 0 Å². The highest BCUT2D eigenvalue weighted by Gasteiger charge is 2.51. The summed E-state index contributed by atoms with van der Waals surface area (Å²) in [5.74, 6) is -0.667. The molecule has 1 saturated carbocycles. The van der Waals surface area contributed by atoms with Gasteiger partial charge in [-0.3, -0.25) is 9.59 Å². The first-order chi connectivity index (χ1) is 9.68. The first-order valence-corrected chi connectivity index (χ1v) is 8.00. The van der Waals surface area contributed by atoms with Crippen LogP contribution in [0.2, 0.25) is 0 Å². The standard InChI is InChI=1S/C13H19F3N2O2S/c1-3-12(2)11(20)18(6-7-21-13(14,15)16)9(8-4-5-8)10(19)17-12/h8-9H,3-7H2,1-2H3,(H,17,19). The zero-order chi connectivity index (χ0) is 15.8. The third kappa shape index (κ3) is 3.64. The normalized spacial score (nSPS) is 30.5. The number of rotatable bonds is 5. The van der Waals surface area contributed by atoms with Crippen LogP contribution in [0.25, 0.3) is 0 Å². The Morgan fingerprint density at radius 1 is 1.38 bits per heavy atom. The molecular formula is C13H19F3N2O2S. The number of amides is 2. The van der Waals surface area contributed by atoms with Gasteiger partial charge in [0, 0.05) is 12.3 Å². The van der Waals surface area contributed by atoms with E-state index in [-0.39, 0.29) is 41.8 Å². The minimum absolute atomic E-state index is 0.0484. The average molecular weight is 324 g/mol. The monoisotopic (exact) mass is 324 g/mol. The second-order valence-electron chi connectivity index (χ2n) is 5.75. The van der Waals surface area contributed by atoms with Crippen molar-refractivity contribution in [1.82, 2.24) is 10.2 Å². The number of hydrogen-bond acceptors (Lipinski definition) is 3. The van der Waals surface area contributed by atoms with Crippen molar-refractivity contribution in [3.8, 4) is 0 Å². The zero-order valence-electron chi connectivity index (χ0n) is 12.0. The Bertz CT molecular complexity index is 440. The molecule has 0 radical (unpaired) electrons. The lowest BCUT2D eigenvalue weighted by molar-refractivity contribution is -0.155. The number of carbonyl (C=O) groups is 2. The van der Waals surface area contributed by atoms with Crippen molar-refractivity contribution < 1.29 is 22.8 Å². The van der Waals surface area contributed by atoms with Gasteiger partial charge in [0.15, 0.2) is 0 Å². The van der Waals surface area contributed by atoms with Crippen molar-refractivity contribution in [2.24, 2.45) is 5.92 Å². The fourth-order valence-corrected chi connectivity index (χ4v) is 3.12. The van der Waals surface area contributed by atoms with Crippen LogP contribution in [0.1, 0.15) is 33.1 Å². The lowest BCUT2D eigenvalue weighted by Gasteiger charge is -2.44. The fraction of sp³-hybridized carbons (Fsp3) is 0.846. The number of halogens is 3. The Hall–Kier alpha value is -0.920. The van der Waals surface area contributed by atoms with E-state index < -0.39 is 17.1 Å². The molecule has 2 atom stereocenters. The molecule has 0 aromatic rings. The molecule has 1 aliphatic heterocycles. The van der Waals surface area contributed by atoms with Crippen molar-refractivity contribution >= 4 is 23.6 Å². The predicted molar refractivity (Wildman–Crippen MR) is 73.6 cm³/mol. The van der Waals surface area contributed by atoms with Crippen LogP contribution in [-0.2, 0) is 9.59 Å². The number of thioether (sulfide) groups is 1. The third-order valence-corrected chi connectivity index (χ3v) is 4.82. The van der Waals surface area contributed by atoms with Crippen LogP contribution in [0.5, 0.6) is 0 Å². The number of nitrogens with one attached hydrogen (secondary N) is 1. The number of carbonyl (C=O) groups excluding carboxylic acids is 2. The summed E-state index contributed by atoms with van der Waals surface area (Å²) in [5, 5.41) is 2.74. The SMILES string of the molecule is CCC1(C)NC(=O)C(C2CC2)N(CCSC(F)(F)F)C1=O. The van der Waals surface area contributed by atoms with Gasteiger partial charge in [-0.15, -0.1) is 0 Å². The van der Waals surface area contributed by atoms with Gasteiger partial charge in [0.25, 0.3) is 0 Å². The summed E-state index contributed by atoms with van der Waals surface area (Å²) in [6.07, 6.45) is 2.10. The molecule has 2 fully saturated rings. The first kappa shape index (κ1) is 16.5. The van der Waals surface area contributed by atoms with Gasteiger partial charge in [-0.1, -0.05) is 6.92 Å². The minimum Gasteiger partial charge on any atom is -0.340 e. The van der Waals surface area contributed by atoms with E-state index in [0.717, 1.165) is 12.8 Å². The van der Waals surface area contributed by atoms with Gasteiger partial charge in [-0.25, -0.2) is 0 Å². The van der Waals surface area contributed by atoms with Gasteiger partial charge in [-0.2, -0.15) is 13.2 Å². The van der Waals surface area contributed by atoms with E-state index in [1.165, 1.54) is 4.90 Å². The van der Waals surface area contributed by atoms with E-state index >= 15 is 0 Å². The molecule has 2 aliphatic rings. The van der Waals surface area contributed by atoms with E-state index in [0.29, 0.717) is 6.42 Å². The number of alkyl halides is 3. The van der Waals surface area contributed by atoms with E-state index in [9.17, 15) is 22.8 Å². The molecule has 1 aliphatic carbocycles. The molecule has 120 valence electrons. The molecule has 0 spiro atoms. The quantitative estimate of drug-likeness (QED) is 0.843. The van der Waals surface area contributed by atoms with Crippen LogP contribution in [0, 0.1) is 5.92 Å². The largest absolute Gasteiger partial charge is 0.441 e. The maximum absolute atomic E-state index is 12.5. The lowest BCUT2D eigenvalue weighted by Crippen LogP contribution is -2.69. The second kappa shape index (κ2) is 5.70. The van der Waals surface area contributed by atoms with Crippen LogP contribution in [0.15, 0.2) is 0 Å². The van der Waals surface area contributed by atoms with Crippen LogP contribution in [0.3, 0.4) is 0 Å². The minimum atomic E-state index is -4.32. The molecule has 21 heavy (non-hydrogen) atoms. The van der Waals surface area contributed by atoms with Crippen LogP contribution in [0.4, 0.5) is 13.2 Å². The number of piperazine rings is 1. The first-order valence-electron chi connectivity index (χ1n) is 7.02. The van der Waals surface area contributed by atoms with E-state index in [2.05, 4.69) is 5.32 Å². The maximum Gasteiger partial charge on any atom is 0.441 e. The van der Waals surface area contributed by atoms with Gasteiger partial charge in [0.05, 0.1) is 0 Å². The summed E-state index contributed by atoms with van der Waals surface area (Å²) in [5.41, 5.74) is -5.32. The van der Waals surface area contributed by atoms with Crippen molar-refractivity contribution in [2.75, 3.05) is 12.3 Å². The molecule has 2 amide bonds. The molecule has 0 aromatic heterocycles. The van der Waals surface area contributed by atoms with Gasteiger partial charge < -0.3 is 10.2 Å². The fourth-order valence-electron chi connectivity index (χ4n) is 2.60. The highest BCUT2D eigenvalue weighted by molar-refractivity contribution is 8.00. The summed E-state index contributed by atoms with van der Waals surface area (Å²) in [7, 11) is 0. The molecule has 0 aromatic carbocycles. The zero-order valence-corrected chi connectivity index (χ0v) is 12.8. The smallest absolute Gasteiger partial charge is 0.340 e. The summed E-state index contributed by atoms with van der Waals surface area (Å²) in [4.78, 5) is 26.1. The second-order valence-corrected chi connectivity index (χ2v) is 6.91. The summed E-state index contributed by atoms with van der Waals surface area (Å²) >= 11 is -0.153. The molecule has 2 unspecified atom stereocenters. The van der Waals surface area contributed by atoms with Gasteiger partial charge in [-0.05, 0) is 43.9 Å². The Balaban J connectivity index is 2.11. The third-order valence-electron chi connectivity index (χ3n) is 4.11. The average Bonchev–Trinajstić information content (AvgIpc) is 3.18. The maximum atomic E-state index is 12.5. The van der Waals surface area contributed by atoms with E-state index in [1.54, 1.807) is 13.8 Å². The Morgan fingerprint density at radius 2 is 2.00 bits per heavy atom. The molecule has 4 nitrogen and oxygen atoms in total. The molecule has 0 bridgehead atoms. The number of nitrogens with zero attached hydrogens (tertiary/aromatic N) is 1. The van der Waals surface area contributed by atoms with Crippen LogP contribution in [-0.4, -0.2) is 46.1 Å². The number of hydrogen-bond donors (Lipinski definition) is 1. The van der Waals surface area contributed by atoms with Crippen LogP contribution < -0.4 is 5.32 Å². The Labute approximate surface area is 125 Å². The van der Waals surface area contributed by atoms with E-state index in [1.807, 2.05) is 0 Å². The summed E-state index contributed by atoms with van der Waals surface area (Å²) in [6, 6.07) is -0.606. The summed E-state index contributed by atoms with van der Waals surface area (Å²) < 4.78 is 36.8. The topological polar surface area (TPSA) is 49.4 Å². The Kier molecular flexibility index (Phi) is 4.46. The van der Waals surface area contributed by atoms with Crippen molar-refractivity contribution in [2.45, 2.75) is 50.2 Å². The molecule has 1 saturated heterocycles. The van der Waals surface area contributed by atoms with Crippen LogP contribution >= 0.6 is 11.8 Å². The van der Waals surface area contributed by atoms with Crippen molar-refractivity contribution in [3.63, 3.8) is 0 Å².